The van der Waals surface area contributed by atoms with Gasteiger partial charge in [-0.05, 0) is 47.9 Å². The lowest BCUT2D eigenvalue weighted by atomic mass is 9.78. The molecule has 2 aliphatic rings. The van der Waals surface area contributed by atoms with Gasteiger partial charge in [-0.15, -0.1) is 11.8 Å². The Morgan fingerprint density at radius 1 is 0.967 bits per heavy atom. The summed E-state index contributed by atoms with van der Waals surface area (Å²) >= 11 is 1.76. The van der Waals surface area contributed by atoms with Crippen molar-refractivity contribution >= 4 is 23.2 Å². The molecule has 0 amide bonds. The number of Topliss-reactive ketones (excluding diaryl/α,β-unsaturated/α-hetero) is 1. The van der Waals surface area contributed by atoms with Crippen molar-refractivity contribution in [3.05, 3.63) is 107 Å². The standard InChI is InChI=1S/C26H22FNOS/c1-16-6-2-3-7-20(16)26-25-22(28-21-8-4-5-9-24(21)30-26)14-18(15-23(25)29)17-10-12-19(27)13-11-17/h2-14,18,25-26,28H,15H2,1H3/t18-,25+,26+/m0/s1. The fourth-order valence-corrected chi connectivity index (χ4v) is 5.96. The maximum atomic E-state index is 13.5. The zero-order valence-corrected chi connectivity index (χ0v) is 17.5. The van der Waals surface area contributed by atoms with E-state index < -0.39 is 0 Å². The summed E-state index contributed by atoms with van der Waals surface area (Å²) in [6.07, 6.45) is 2.61. The molecule has 0 saturated heterocycles. The molecular formula is C26H22FNOS. The Hall–Kier alpha value is -2.85. The first kappa shape index (κ1) is 19.1. The van der Waals surface area contributed by atoms with E-state index in [2.05, 4.69) is 42.6 Å². The molecule has 1 N–H and O–H groups in total. The number of fused-ring (bicyclic) bond motifs is 2. The molecule has 0 unspecified atom stereocenters. The highest BCUT2D eigenvalue weighted by Crippen LogP contribution is 2.52. The van der Waals surface area contributed by atoms with E-state index in [4.69, 9.17) is 0 Å². The van der Waals surface area contributed by atoms with Crippen molar-refractivity contribution in [3.63, 3.8) is 0 Å². The molecule has 3 atom stereocenters. The highest BCUT2D eigenvalue weighted by atomic mass is 32.2. The van der Waals surface area contributed by atoms with E-state index in [0.29, 0.717) is 6.42 Å². The molecule has 0 saturated carbocycles. The molecule has 0 radical (unpaired) electrons. The number of allylic oxidation sites excluding steroid dienone is 2. The Kier molecular flexibility index (Phi) is 4.95. The van der Waals surface area contributed by atoms with E-state index in [0.717, 1.165) is 21.8 Å². The minimum absolute atomic E-state index is 0.00951. The number of thioether (sulfide) groups is 1. The summed E-state index contributed by atoms with van der Waals surface area (Å²) in [5.74, 6) is -0.323. The Balaban J connectivity index is 1.63. The number of hydrogen-bond donors (Lipinski definition) is 1. The van der Waals surface area contributed by atoms with Crippen LogP contribution in [-0.4, -0.2) is 5.78 Å². The van der Waals surface area contributed by atoms with Gasteiger partial charge in [-0.3, -0.25) is 4.79 Å². The zero-order chi connectivity index (χ0) is 20.7. The third-order valence-electron chi connectivity index (χ3n) is 6.00. The lowest BCUT2D eigenvalue weighted by molar-refractivity contribution is -0.122. The number of aryl methyl sites for hydroxylation is 1. The molecule has 2 nitrogen and oxygen atoms in total. The number of para-hydroxylation sites is 1. The Labute approximate surface area is 180 Å². The molecule has 1 aliphatic carbocycles. The summed E-state index contributed by atoms with van der Waals surface area (Å²) in [5, 5.41) is 3.58. The minimum atomic E-state index is -0.260. The number of ketones is 1. The lowest BCUT2D eigenvalue weighted by Crippen LogP contribution is -2.30. The van der Waals surface area contributed by atoms with Crippen molar-refractivity contribution in [2.45, 2.75) is 29.4 Å². The quantitative estimate of drug-likeness (QED) is 0.508. The average Bonchev–Trinajstić information content (AvgIpc) is 2.91. The van der Waals surface area contributed by atoms with Crippen LogP contribution in [0, 0.1) is 18.7 Å². The van der Waals surface area contributed by atoms with Crippen LogP contribution in [0.5, 0.6) is 0 Å². The monoisotopic (exact) mass is 415 g/mol. The number of carbonyl (C=O) groups is 1. The Bertz CT molecular complexity index is 1140. The topological polar surface area (TPSA) is 29.1 Å². The van der Waals surface area contributed by atoms with Gasteiger partial charge in [0.25, 0.3) is 0 Å². The maximum absolute atomic E-state index is 13.5. The van der Waals surface area contributed by atoms with E-state index in [-0.39, 0.29) is 28.7 Å². The van der Waals surface area contributed by atoms with E-state index in [1.54, 1.807) is 23.9 Å². The second-order valence-electron chi connectivity index (χ2n) is 7.94. The van der Waals surface area contributed by atoms with Crippen molar-refractivity contribution in [3.8, 4) is 0 Å². The smallest absolute Gasteiger partial charge is 0.144 e. The van der Waals surface area contributed by atoms with Gasteiger partial charge in [0, 0.05) is 28.2 Å². The number of nitrogens with one attached hydrogen (secondary N) is 1. The van der Waals surface area contributed by atoms with Gasteiger partial charge in [-0.2, -0.15) is 0 Å². The van der Waals surface area contributed by atoms with Crippen LogP contribution in [0.3, 0.4) is 0 Å². The highest BCUT2D eigenvalue weighted by molar-refractivity contribution is 7.99. The molecule has 4 heteroatoms. The fraction of sp³-hybridized carbons (Fsp3) is 0.192. The SMILES string of the molecule is Cc1ccccc1[C@H]1Sc2ccccc2NC2=C[C@H](c3ccc(F)cc3)CC(=O)[C@@H]21. The minimum Gasteiger partial charge on any atom is -0.358 e. The molecule has 5 rings (SSSR count). The van der Waals surface area contributed by atoms with Crippen molar-refractivity contribution in [1.82, 2.24) is 0 Å². The number of halogens is 1. The normalized spacial score (nSPS) is 22.9. The third kappa shape index (κ3) is 3.46. The molecule has 150 valence electrons. The number of hydrogen-bond acceptors (Lipinski definition) is 3. The van der Waals surface area contributed by atoms with Crippen LogP contribution in [0.2, 0.25) is 0 Å². The summed E-state index contributed by atoms with van der Waals surface area (Å²) in [7, 11) is 0. The van der Waals surface area contributed by atoms with Crippen LogP contribution in [0.1, 0.15) is 34.3 Å². The number of benzene rings is 3. The predicted molar refractivity (Wildman–Crippen MR) is 120 cm³/mol. The molecule has 0 bridgehead atoms. The number of carbonyl (C=O) groups excluding carboxylic acids is 1. The van der Waals surface area contributed by atoms with Crippen LogP contribution >= 0.6 is 11.8 Å². The van der Waals surface area contributed by atoms with Crippen molar-refractivity contribution in [2.24, 2.45) is 5.92 Å². The summed E-state index contributed by atoms with van der Waals surface area (Å²) < 4.78 is 13.4. The first-order valence-corrected chi connectivity index (χ1v) is 11.1. The summed E-state index contributed by atoms with van der Waals surface area (Å²) in [4.78, 5) is 14.7. The molecular weight excluding hydrogens is 393 g/mol. The number of anilines is 1. The molecule has 1 aliphatic heterocycles. The van der Waals surface area contributed by atoms with E-state index >= 15 is 0 Å². The predicted octanol–water partition coefficient (Wildman–Crippen LogP) is 6.65. The van der Waals surface area contributed by atoms with E-state index in [1.165, 1.54) is 23.3 Å². The first-order valence-electron chi connectivity index (χ1n) is 10.2. The molecule has 3 aromatic rings. The van der Waals surface area contributed by atoms with Gasteiger partial charge >= 0.3 is 0 Å². The summed E-state index contributed by atoms with van der Waals surface area (Å²) in [6.45, 7) is 2.11. The second kappa shape index (κ2) is 7.77. The van der Waals surface area contributed by atoms with Crippen molar-refractivity contribution in [2.75, 3.05) is 5.32 Å². The average molecular weight is 416 g/mol. The van der Waals surface area contributed by atoms with Crippen molar-refractivity contribution < 1.29 is 9.18 Å². The largest absolute Gasteiger partial charge is 0.358 e. The lowest BCUT2D eigenvalue weighted by Gasteiger charge is -2.32. The first-order chi connectivity index (χ1) is 14.6. The van der Waals surface area contributed by atoms with Crippen LogP contribution in [0.25, 0.3) is 0 Å². The van der Waals surface area contributed by atoms with Crippen LogP contribution in [0.4, 0.5) is 10.1 Å². The van der Waals surface area contributed by atoms with Gasteiger partial charge in [0.1, 0.15) is 11.6 Å². The second-order valence-corrected chi connectivity index (χ2v) is 9.13. The van der Waals surface area contributed by atoms with Gasteiger partial charge in [0.2, 0.25) is 0 Å². The Morgan fingerprint density at radius 2 is 1.70 bits per heavy atom. The van der Waals surface area contributed by atoms with Gasteiger partial charge < -0.3 is 5.32 Å². The van der Waals surface area contributed by atoms with Crippen LogP contribution in [-0.2, 0) is 4.79 Å². The molecule has 30 heavy (non-hydrogen) atoms. The van der Waals surface area contributed by atoms with Gasteiger partial charge in [0.15, 0.2) is 0 Å². The molecule has 1 heterocycles. The van der Waals surface area contributed by atoms with Crippen molar-refractivity contribution in [1.29, 1.82) is 0 Å². The van der Waals surface area contributed by atoms with Crippen LogP contribution in [0.15, 0.2) is 89.5 Å². The third-order valence-corrected chi connectivity index (χ3v) is 7.39. The zero-order valence-electron chi connectivity index (χ0n) is 16.6. The maximum Gasteiger partial charge on any atom is 0.144 e. The van der Waals surface area contributed by atoms with Gasteiger partial charge in [-0.25, -0.2) is 4.39 Å². The fourth-order valence-electron chi connectivity index (χ4n) is 4.45. The Morgan fingerprint density at radius 3 is 2.50 bits per heavy atom. The van der Waals surface area contributed by atoms with E-state index in [1.807, 2.05) is 24.3 Å². The summed E-state index contributed by atoms with van der Waals surface area (Å²) in [6, 6.07) is 23.0. The van der Waals surface area contributed by atoms with E-state index in [9.17, 15) is 9.18 Å². The highest BCUT2D eigenvalue weighted by Gasteiger charge is 2.40. The molecule has 0 spiro atoms. The molecule has 0 fully saturated rings. The number of rotatable bonds is 2. The van der Waals surface area contributed by atoms with Crippen LogP contribution < -0.4 is 5.32 Å². The van der Waals surface area contributed by atoms with Gasteiger partial charge in [-0.1, -0.05) is 54.6 Å². The van der Waals surface area contributed by atoms with Gasteiger partial charge in [0.05, 0.1) is 11.6 Å². The summed E-state index contributed by atoms with van der Waals surface area (Å²) in [5.41, 5.74) is 5.34. The molecule has 3 aromatic carbocycles. The molecule has 0 aromatic heterocycles.